The highest BCUT2D eigenvalue weighted by molar-refractivity contribution is 6.32. The first-order valence-corrected chi connectivity index (χ1v) is 8.21. The zero-order chi connectivity index (χ0) is 18.7. The highest BCUT2D eigenvalue weighted by atomic mass is 35.5. The number of nitrogens with one attached hydrogen (secondary N) is 2. The van der Waals surface area contributed by atoms with Gasteiger partial charge in [-0.3, -0.25) is 20.4 Å². The van der Waals surface area contributed by atoms with Crippen LogP contribution in [0.2, 0.25) is 5.02 Å². The molecule has 2 N–H and O–H groups in total. The highest BCUT2D eigenvalue weighted by Crippen LogP contribution is 2.39. The molecule has 1 heterocycles. The predicted molar refractivity (Wildman–Crippen MR) is 94.6 cm³/mol. The van der Waals surface area contributed by atoms with E-state index < -0.39 is 11.8 Å². The van der Waals surface area contributed by atoms with Crippen molar-refractivity contribution < 1.29 is 23.8 Å². The van der Waals surface area contributed by atoms with Gasteiger partial charge >= 0.3 is 0 Å². The Kier molecular flexibility index (Phi) is 5.18. The average molecular weight is 377 g/mol. The number of amides is 2. The minimum atomic E-state index is -0.536. The van der Waals surface area contributed by atoms with E-state index in [0.29, 0.717) is 17.2 Å². The second-order valence-electron chi connectivity index (χ2n) is 5.70. The lowest BCUT2D eigenvalue weighted by Gasteiger charge is -2.12. The first-order chi connectivity index (χ1) is 12.5. The lowest BCUT2D eigenvalue weighted by atomic mass is 10.1. The van der Waals surface area contributed by atoms with E-state index in [1.165, 1.54) is 12.1 Å². The molecule has 3 rings (SSSR count). The summed E-state index contributed by atoms with van der Waals surface area (Å²) < 4.78 is 15.9. The highest BCUT2D eigenvalue weighted by Gasteiger charge is 2.21. The van der Waals surface area contributed by atoms with Crippen molar-refractivity contribution in [3.05, 3.63) is 52.0 Å². The number of ether oxygens (including phenoxy) is 3. The van der Waals surface area contributed by atoms with Crippen LogP contribution in [0.3, 0.4) is 0 Å². The molecular formula is C18H17ClN2O5. The summed E-state index contributed by atoms with van der Waals surface area (Å²) in [7, 11) is 0. The SMILES string of the molecule is Cc1cccc(C)c1OCC(=O)NNC(=O)c1cc(Cl)c2c(c1)OCO2. The van der Waals surface area contributed by atoms with Crippen LogP contribution in [0.25, 0.3) is 0 Å². The Hall–Kier alpha value is -2.93. The van der Waals surface area contributed by atoms with E-state index in [4.69, 9.17) is 25.8 Å². The first kappa shape index (κ1) is 17.9. The second-order valence-corrected chi connectivity index (χ2v) is 6.11. The lowest BCUT2D eigenvalue weighted by molar-refractivity contribution is -0.123. The normalized spacial score (nSPS) is 11.8. The molecule has 0 aromatic heterocycles. The van der Waals surface area contributed by atoms with E-state index in [9.17, 15) is 9.59 Å². The molecular weight excluding hydrogens is 360 g/mol. The standard InChI is InChI=1S/C18H17ClN2O5/c1-10-4-3-5-11(2)16(10)24-8-15(22)20-21-18(23)12-6-13(19)17-14(7-12)25-9-26-17/h3-7H,8-9H2,1-2H3,(H,20,22)(H,21,23). The van der Waals surface area contributed by atoms with Gasteiger partial charge in [-0.15, -0.1) is 0 Å². The molecule has 1 aliphatic rings. The summed E-state index contributed by atoms with van der Waals surface area (Å²) in [5.41, 5.74) is 6.69. The van der Waals surface area contributed by atoms with Crippen LogP contribution in [0.1, 0.15) is 21.5 Å². The van der Waals surface area contributed by atoms with Gasteiger partial charge in [0.25, 0.3) is 11.8 Å². The maximum Gasteiger partial charge on any atom is 0.276 e. The third kappa shape index (κ3) is 3.83. The second kappa shape index (κ2) is 7.53. The van der Waals surface area contributed by atoms with Crippen molar-refractivity contribution in [1.29, 1.82) is 0 Å². The molecule has 0 bridgehead atoms. The number of hydrogen-bond acceptors (Lipinski definition) is 5. The fourth-order valence-corrected chi connectivity index (χ4v) is 2.76. The summed E-state index contributed by atoms with van der Waals surface area (Å²) in [6.45, 7) is 3.61. The number of fused-ring (bicyclic) bond motifs is 1. The Morgan fingerprint density at radius 1 is 1.15 bits per heavy atom. The Balaban J connectivity index is 1.55. The largest absolute Gasteiger partial charge is 0.483 e. The molecule has 7 nitrogen and oxygen atoms in total. The number of para-hydroxylation sites is 1. The van der Waals surface area contributed by atoms with Gasteiger partial charge < -0.3 is 14.2 Å². The third-order valence-corrected chi connectivity index (χ3v) is 4.04. The molecule has 0 unspecified atom stereocenters. The van der Waals surface area contributed by atoms with Crippen molar-refractivity contribution in [2.24, 2.45) is 0 Å². The van der Waals surface area contributed by atoms with Gasteiger partial charge in [-0.25, -0.2) is 0 Å². The quantitative estimate of drug-likeness (QED) is 0.801. The van der Waals surface area contributed by atoms with Crippen LogP contribution in [0, 0.1) is 13.8 Å². The Labute approximate surface area is 155 Å². The zero-order valence-corrected chi connectivity index (χ0v) is 15.0. The number of hydrogen-bond donors (Lipinski definition) is 2. The molecule has 0 atom stereocenters. The minimum Gasteiger partial charge on any atom is -0.483 e. The number of carbonyl (C=O) groups is 2. The topological polar surface area (TPSA) is 85.9 Å². The summed E-state index contributed by atoms with van der Waals surface area (Å²) in [6, 6.07) is 8.62. The molecule has 0 spiro atoms. The maximum atomic E-state index is 12.2. The zero-order valence-electron chi connectivity index (χ0n) is 14.2. The first-order valence-electron chi connectivity index (χ1n) is 7.83. The van der Waals surface area contributed by atoms with Crippen LogP contribution in [0.4, 0.5) is 0 Å². The molecule has 0 aliphatic carbocycles. The lowest BCUT2D eigenvalue weighted by Crippen LogP contribution is -2.43. The van der Waals surface area contributed by atoms with Gasteiger partial charge in [0.2, 0.25) is 6.79 Å². The van der Waals surface area contributed by atoms with E-state index >= 15 is 0 Å². The summed E-state index contributed by atoms with van der Waals surface area (Å²) in [5, 5.41) is 0.259. The van der Waals surface area contributed by atoms with Crippen LogP contribution in [0.5, 0.6) is 17.2 Å². The molecule has 2 aromatic carbocycles. The number of aryl methyl sites for hydroxylation is 2. The smallest absolute Gasteiger partial charge is 0.276 e. The summed E-state index contributed by atoms with van der Waals surface area (Å²) in [4.78, 5) is 24.1. The number of benzene rings is 2. The Bertz CT molecular complexity index is 849. The van der Waals surface area contributed by atoms with E-state index in [1.807, 2.05) is 32.0 Å². The van der Waals surface area contributed by atoms with E-state index in [0.717, 1.165) is 11.1 Å². The molecule has 0 saturated heterocycles. The summed E-state index contributed by atoms with van der Waals surface area (Å²) >= 11 is 6.04. The van der Waals surface area contributed by atoms with Crippen LogP contribution < -0.4 is 25.1 Å². The van der Waals surface area contributed by atoms with Crippen LogP contribution in [-0.2, 0) is 4.79 Å². The molecule has 8 heteroatoms. The number of hydrazine groups is 1. The van der Waals surface area contributed by atoms with Gasteiger partial charge in [0.1, 0.15) is 5.75 Å². The van der Waals surface area contributed by atoms with Crippen molar-refractivity contribution >= 4 is 23.4 Å². The molecule has 1 aliphatic heterocycles. The molecule has 0 fully saturated rings. The number of rotatable bonds is 4. The van der Waals surface area contributed by atoms with Crippen molar-refractivity contribution in [3.63, 3.8) is 0 Å². The van der Waals surface area contributed by atoms with Gasteiger partial charge in [0.05, 0.1) is 5.02 Å². The van der Waals surface area contributed by atoms with Crippen LogP contribution in [0.15, 0.2) is 30.3 Å². The predicted octanol–water partition coefficient (Wildman–Crippen LogP) is 2.53. The van der Waals surface area contributed by atoms with Gasteiger partial charge in [-0.2, -0.15) is 0 Å². The minimum absolute atomic E-state index is 0.0481. The average Bonchev–Trinajstić information content (AvgIpc) is 3.08. The van der Waals surface area contributed by atoms with Gasteiger partial charge in [-0.05, 0) is 37.1 Å². The maximum absolute atomic E-state index is 12.2. The van der Waals surface area contributed by atoms with Crippen LogP contribution in [-0.4, -0.2) is 25.2 Å². The number of halogens is 1. The summed E-state index contributed by atoms with van der Waals surface area (Å²) in [6.07, 6.45) is 0. The molecule has 0 saturated carbocycles. The van der Waals surface area contributed by atoms with Gasteiger partial charge in [0.15, 0.2) is 18.1 Å². The molecule has 0 radical (unpaired) electrons. The molecule has 26 heavy (non-hydrogen) atoms. The monoisotopic (exact) mass is 376 g/mol. The fourth-order valence-electron chi connectivity index (χ4n) is 2.50. The fraction of sp³-hybridized carbons (Fsp3) is 0.222. The van der Waals surface area contributed by atoms with Crippen molar-refractivity contribution in [1.82, 2.24) is 10.9 Å². The van der Waals surface area contributed by atoms with Gasteiger partial charge in [0, 0.05) is 5.56 Å². The third-order valence-electron chi connectivity index (χ3n) is 3.76. The van der Waals surface area contributed by atoms with E-state index in [2.05, 4.69) is 10.9 Å². The van der Waals surface area contributed by atoms with Gasteiger partial charge in [-0.1, -0.05) is 29.8 Å². The Morgan fingerprint density at radius 2 is 1.88 bits per heavy atom. The van der Waals surface area contributed by atoms with Crippen LogP contribution >= 0.6 is 11.6 Å². The summed E-state index contributed by atoms with van der Waals surface area (Å²) in [5.74, 6) is 0.400. The van der Waals surface area contributed by atoms with E-state index in [1.54, 1.807) is 0 Å². The van der Waals surface area contributed by atoms with Crippen molar-refractivity contribution in [2.45, 2.75) is 13.8 Å². The molecule has 136 valence electrons. The van der Waals surface area contributed by atoms with Crippen molar-refractivity contribution in [3.8, 4) is 17.2 Å². The number of carbonyl (C=O) groups excluding carboxylic acids is 2. The van der Waals surface area contributed by atoms with Crippen molar-refractivity contribution in [2.75, 3.05) is 13.4 Å². The van der Waals surface area contributed by atoms with E-state index in [-0.39, 0.29) is 24.0 Å². The molecule has 2 aromatic rings. The molecule has 2 amide bonds. The Morgan fingerprint density at radius 3 is 2.62 bits per heavy atom.